The first-order chi connectivity index (χ1) is 7.95. The fourth-order valence-corrected chi connectivity index (χ4v) is 2.43. The maximum absolute atomic E-state index is 11.9. The van der Waals surface area contributed by atoms with E-state index in [-0.39, 0.29) is 11.6 Å². The number of hydrogen-bond donors (Lipinski definition) is 0. The summed E-state index contributed by atoms with van der Waals surface area (Å²) in [5, 5.41) is 0. The Hall–Kier alpha value is -0.540. The summed E-state index contributed by atoms with van der Waals surface area (Å²) in [6, 6.07) is 6.78. The lowest BCUT2D eigenvalue weighted by atomic mass is 10.2. The Bertz CT molecular complexity index is 540. The van der Waals surface area contributed by atoms with Crippen LogP contribution in [-0.2, 0) is 9.84 Å². The molecule has 0 fully saturated rings. The van der Waals surface area contributed by atoms with E-state index in [9.17, 15) is 8.42 Å². The maximum atomic E-state index is 11.9. The van der Waals surface area contributed by atoms with Gasteiger partial charge in [0.25, 0.3) is 0 Å². The van der Waals surface area contributed by atoms with E-state index in [2.05, 4.69) is 21.7 Å². The van der Waals surface area contributed by atoms with Gasteiger partial charge in [0.2, 0.25) is 0 Å². The molecule has 1 rings (SSSR count). The number of alkyl halides is 1. The minimum Gasteiger partial charge on any atom is -0.223 e. The summed E-state index contributed by atoms with van der Waals surface area (Å²) in [6.45, 7) is 1.91. The number of sulfone groups is 1. The lowest BCUT2D eigenvalue weighted by molar-refractivity contribution is 0.599. The van der Waals surface area contributed by atoms with Gasteiger partial charge in [-0.05, 0) is 41.1 Å². The third kappa shape index (κ3) is 4.68. The molecule has 0 saturated carbocycles. The lowest BCUT2D eigenvalue weighted by Gasteiger charge is -2.00. The first-order valence-electron chi connectivity index (χ1n) is 4.90. The Kier molecular flexibility index (Phi) is 5.47. The normalized spacial score (nSPS) is 10.8. The number of benzene rings is 1. The van der Waals surface area contributed by atoms with Crippen LogP contribution in [0.5, 0.6) is 0 Å². The number of rotatable bonds is 4. The van der Waals surface area contributed by atoms with Gasteiger partial charge in [0.15, 0.2) is 9.84 Å². The van der Waals surface area contributed by atoms with E-state index in [4.69, 9.17) is 11.6 Å². The molecular formula is C12H12BrClO2S. The topological polar surface area (TPSA) is 34.1 Å². The van der Waals surface area contributed by atoms with Gasteiger partial charge in [0.05, 0.1) is 21.0 Å². The van der Waals surface area contributed by atoms with E-state index < -0.39 is 9.84 Å². The van der Waals surface area contributed by atoms with Gasteiger partial charge in [-0.2, -0.15) is 0 Å². The number of halogens is 2. The lowest BCUT2D eigenvalue weighted by Crippen LogP contribution is -2.04. The third-order valence-electron chi connectivity index (χ3n) is 2.06. The highest BCUT2D eigenvalue weighted by Crippen LogP contribution is 2.12. The molecule has 0 aromatic heterocycles. The molecule has 1 aromatic carbocycles. The van der Waals surface area contributed by atoms with Crippen LogP contribution >= 0.6 is 27.5 Å². The molecule has 0 heterocycles. The highest BCUT2D eigenvalue weighted by atomic mass is 79.9. The molecule has 0 aliphatic heterocycles. The Morgan fingerprint density at radius 2 is 2.00 bits per heavy atom. The van der Waals surface area contributed by atoms with Crippen molar-refractivity contribution in [1.82, 2.24) is 0 Å². The molecule has 0 saturated heterocycles. The summed E-state index contributed by atoms with van der Waals surface area (Å²) in [5.74, 6) is 0.198. The summed E-state index contributed by atoms with van der Waals surface area (Å²) in [7, 11) is -3.28. The molecule has 0 aliphatic rings. The molecule has 5 heteroatoms. The second kappa shape index (κ2) is 6.41. The largest absolute Gasteiger partial charge is 0.223 e. The van der Waals surface area contributed by atoms with Crippen molar-refractivity contribution in [2.75, 3.05) is 11.6 Å². The SMILES string of the molecule is Cc1ccc(S(=O)(=O)CC=C=C(Br)CCl)cc1. The number of hydrogen-bond acceptors (Lipinski definition) is 2. The van der Waals surface area contributed by atoms with E-state index in [0.717, 1.165) is 5.56 Å². The minimum atomic E-state index is -3.28. The molecule has 17 heavy (non-hydrogen) atoms. The molecule has 0 aliphatic carbocycles. The molecule has 0 N–H and O–H groups in total. The Labute approximate surface area is 115 Å². The summed E-state index contributed by atoms with van der Waals surface area (Å²) >= 11 is 8.68. The van der Waals surface area contributed by atoms with Crippen LogP contribution in [0.1, 0.15) is 5.56 Å². The molecule has 0 unspecified atom stereocenters. The molecule has 0 atom stereocenters. The van der Waals surface area contributed by atoms with Crippen molar-refractivity contribution in [1.29, 1.82) is 0 Å². The van der Waals surface area contributed by atoms with Crippen molar-refractivity contribution in [3.8, 4) is 0 Å². The van der Waals surface area contributed by atoms with Gasteiger partial charge in [-0.25, -0.2) is 8.42 Å². The van der Waals surface area contributed by atoms with Gasteiger partial charge < -0.3 is 0 Å². The summed E-state index contributed by atoms with van der Waals surface area (Å²) in [6.07, 6.45) is 1.46. The molecule has 0 spiro atoms. The fraction of sp³-hybridized carbons (Fsp3) is 0.250. The van der Waals surface area contributed by atoms with Gasteiger partial charge in [0.1, 0.15) is 0 Å². The second-order valence-corrected chi connectivity index (χ2v) is 6.74. The van der Waals surface area contributed by atoms with Crippen molar-refractivity contribution >= 4 is 37.4 Å². The smallest absolute Gasteiger partial charge is 0.182 e. The predicted molar refractivity (Wildman–Crippen MR) is 74.5 cm³/mol. The van der Waals surface area contributed by atoms with Crippen LogP contribution < -0.4 is 0 Å². The average molecular weight is 336 g/mol. The van der Waals surface area contributed by atoms with Crippen LogP contribution in [0.25, 0.3) is 0 Å². The first kappa shape index (κ1) is 14.5. The van der Waals surface area contributed by atoms with Crippen LogP contribution in [0, 0.1) is 6.92 Å². The fourth-order valence-electron chi connectivity index (χ4n) is 1.14. The van der Waals surface area contributed by atoms with Gasteiger partial charge in [-0.3, -0.25) is 0 Å². The van der Waals surface area contributed by atoms with Gasteiger partial charge in [-0.15, -0.1) is 17.3 Å². The summed E-state index contributed by atoms with van der Waals surface area (Å²) in [4.78, 5) is 0.322. The standard InChI is InChI=1S/C12H12BrClO2S/c1-10-4-6-12(7-5-10)17(15,16)8-2-3-11(13)9-14/h2,4-7H,8-9H2,1H3. The van der Waals surface area contributed by atoms with E-state index in [0.29, 0.717) is 9.38 Å². The van der Waals surface area contributed by atoms with Gasteiger partial charge >= 0.3 is 0 Å². The van der Waals surface area contributed by atoms with Crippen LogP contribution in [0.4, 0.5) is 0 Å². The van der Waals surface area contributed by atoms with Crippen LogP contribution in [0.2, 0.25) is 0 Å². The highest BCUT2D eigenvalue weighted by molar-refractivity contribution is 9.11. The Balaban J connectivity index is 2.90. The molecule has 92 valence electrons. The van der Waals surface area contributed by atoms with E-state index in [1.807, 2.05) is 6.92 Å². The second-order valence-electron chi connectivity index (χ2n) is 3.48. The van der Waals surface area contributed by atoms with Crippen LogP contribution in [-0.4, -0.2) is 20.1 Å². The predicted octanol–water partition coefficient (Wildman–Crippen LogP) is 3.44. The first-order valence-corrected chi connectivity index (χ1v) is 7.88. The van der Waals surface area contributed by atoms with E-state index in [1.54, 1.807) is 24.3 Å². The molecule has 0 radical (unpaired) electrons. The summed E-state index contributed by atoms with van der Waals surface area (Å²) in [5.41, 5.74) is 3.80. The van der Waals surface area contributed by atoms with Crippen molar-refractivity contribution < 1.29 is 8.42 Å². The van der Waals surface area contributed by atoms with Crippen molar-refractivity contribution in [2.45, 2.75) is 11.8 Å². The van der Waals surface area contributed by atoms with Crippen molar-refractivity contribution in [2.24, 2.45) is 0 Å². The molecule has 1 aromatic rings. The highest BCUT2D eigenvalue weighted by Gasteiger charge is 2.11. The quantitative estimate of drug-likeness (QED) is 0.624. The Morgan fingerprint density at radius 3 is 2.53 bits per heavy atom. The molecule has 2 nitrogen and oxygen atoms in total. The van der Waals surface area contributed by atoms with E-state index >= 15 is 0 Å². The average Bonchev–Trinajstić information content (AvgIpc) is 2.29. The zero-order valence-electron chi connectivity index (χ0n) is 9.28. The molecule has 0 amide bonds. The zero-order valence-corrected chi connectivity index (χ0v) is 12.4. The minimum absolute atomic E-state index is 0.0813. The van der Waals surface area contributed by atoms with Crippen molar-refractivity contribution in [3.05, 3.63) is 46.1 Å². The molecule has 0 bridgehead atoms. The summed E-state index contributed by atoms with van der Waals surface area (Å²) < 4.78 is 24.4. The molecular weight excluding hydrogens is 324 g/mol. The van der Waals surface area contributed by atoms with Crippen LogP contribution in [0.3, 0.4) is 0 Å². The zero-order chi connectivity index (χ0) is 12.9. The van der Waals surface area contributed by atoms with Gasteiger partial charge in [0, 0.05) is 0 Å². The Morgan fingerprint density at radius 1 is 1.41 bits per heavy atom. The third-order valence-corrected chi connectivity index (χ3v) is 4.75. The van der Waals surface area contributed by atoms with Crippen LogP contribution in [0.15, 0.2) is 45.5 Å². The maximum Gasteiger partial charge on any atom is 0.182 e. The monoisotopic (exact) mass is 334 g/mol. The van der Waals surface area contributed by atoms with E-state index in [1.165, 1.54) is 6.08 Å². The number of aryl methyl sites for hydroxylation is 1. The van der Waals surface area contributed by atoms with Crippen molar-refractivity contribution in [3.63, 3.8) is 0 Å². The van der Waals surface area contributed by atoms with Gasteiger partial charge in [-0.1, -0.05) is 17.7 Å².